The zero-order valence-corrected chi connectivity index (χ0v) is 11.0. The van der Waals surface area contributed by atoms with Gasteiger partial charge in [0.1, 0.15) is 0 Å². The summed E-state index contributed by atoms with van der Waals surface area (Å²) >= 11 is 0. The Morgan fingerprint density at radius 1 is 1.06 bits per heavy atom. The summed E-state index contributed by atoms with van der Waals surface area (Å²) in [6, 6.07) is 0.739. The molecule has 0 atom stereocenters. The van der Waals surface area contributed by atoms with Gasteiger partial charge in [0.25, 0.3) is 0 Å². The first-order chi connectivity index (χ1) is 6.95. The van der Waals surface area contributed by atoms with E-state index in [0.29, 0.717) is 5.41 Å². The van der Waals surface area contributed by atoms with Gasteiger partial charge in [0, 0.05) is 13.2 Å². The van der Waals surface area contributed by atoms with E-state index >= 15 is 0 Å². The predicted molar refractivity (Wildman–Crippen MR) is 78.3 cm³/mol. The molecule has 0 aromatic rings. The fraction of sp³-hybridized carbons (Fsp3) is 1.00. The second kappa shape index (κ2) is 8.10. The summed E-state index contributed by atoms with van der Waals surface area (Å²) in [5, 5.41) is 0. The van der Waals surface area contributed by atoms with Gasteiger partial charge < -0.3 is 4.74 Å². The van der Waals surface area contributed by atoms with Crippen LogP contribution in [0, 0.1) is 11.3 Å². The smallest absolute Gasteiger partial charge is 0.0986 e. The second-order valence-electron chi connectivity index (χ2n) is 6.05. The Morgan fingerprint density at radius 3 is 1.88 bits per heavy atom. The van der Waals surface area contributed by atoms with Gasteiger partial charge in [0.2, 0.25) is 0 Å². The van der Waals surface area contributed by atoms with E-state index in [-0.39, 0.29) is 14.9 Å². The minimum absolute atomic E-state index is 0. The first-order valence-corrected chi connectivity index (χ1v) is 6.14. The summed E-state index contributed by atoms with van der Waals surface area (Å²) < 4.78 is 5.18. The van der Waals surface area contributed by atoms with Crippen LogP contribution in [0.1, 0.15) is 61.3 Å². The zero-order chi connectivity index (χ0) is 11.5. The van der Waals surface area contributed by atoms with Crippen molar-refractivity contribution >= 4 is 0 Å². The summed E-state index contributed by atoms with van der Waals surface area (Å²) in [5.41, 5.74) is 0.491. The number of nitrogens with zero attached hydrogens (tertiary/aromatic N) is 1. The zero-order valence-electron chi connectivity index (χ0n) is 11.0. The molecule has 0 saturated heterocycles. The number of ether oxygens (including phenoxy) is 1. The van der Waals surface area contributed by atoms with Crippen molar-refractivity contribution in [3.8, 4) is 0 Å². The van der Waals surface area contributed by atoms with Crippen LogP contribution in [-0.2, 0) is 4.74 Å². The van der Waals surface area contributed by atoms with Gasteiger partial charge in [-0.2, -0.15) is 0 Å². The van der Waals surface area contributed by atoms with Crippen LogP contribution >= 0.6 is 0 Å². The standard InChI is InChI=1S/C13H27NO.2CH4/c1-13(2,3)11-6-8-12(9-7-11)14(4)10-15-5;;/h11-12H,6-10H2,1-5H3;2*1H4. The molecule has 2 heteroatoms. The molecule has 0 N–H and O–H groups in total. The largest absolute Gasteiger partial charge is 0.369 e. The van der Waals surface area contributed by atoms with Crippen molar-refractivity contribution < 1.29 is 4.74 Å². The lowest BCUT2D eigenvalue weighted by Crippen LogP contribution is -2.38. The maximum atomic E-state index is 5.18. The third kappa shape index (κ3) is 5.87. The van der Waals surface area contributed by atoms with Crippen molar-refractivity contribution in [2.24, 2.45) is 11.3 Å². The predicted octanol–water partition coefficient (Wildman–Crippen LogP) is 4.40. The first kappa shape index (κ1) is 19.3. The molecule has 0 aliphatic heterocycles. The molecule has 1 aliphatic carbocycles. The lowest BCUT2D eigenvalue weighted by atomic mass is 9.71. The Kier molecular flexibility index (Phi) is 9.18. The molecular formula is C15H35NO. The third-order valence-electron chi connectivity index (χ3n) is 3.88. The Bertz CT molecular complexity index is 178. The molecule has 1 fully saturated rings. The molecule has 2 nitrogen and oxygen atoms in total. The molecule has 0 aromatic carbocycles. The van der Waals surface area contributed by atoms with Crippen LogP contribution in [0.15, 0.2) is 0 Å². The molecule has 1 saturated carbocycles. The third-order valence-corrected chi connectivity index (χ3v) is 3.88. The minimum atomic E-state index is 0. The molecule has 106 valence electrons. The van der Waals surface area contributed by atoms with Crippen molar-refractivity contribution in [3.63, 3.8) is 0 Å². The van der Waals surface area contributed by atoms with Crippen molar-refractivity contribution in [2.45, 2.75) is 67.3 Å². The van der Waals surface area contributed by atoms with Gasteiger partial charge in [-0.15, -0.1) is 0 Å². The van der Waals surface area contributed by atoms with E-state index in [1.165, 1.54) is 25.7 Å². The summed E-state index contributed by atoms with van der Waals surface area (Å²) in [5.74, 6) is 0.907. The van der Waals surface area contributed by atoms with E-state index in [2.05, 4.69) is 32.7 Å². The van der Waals surface area contributed by atoms with Gasteiger partial charge in [-0.05, 0) is 44.1 Å². The van der Waals surface area contributed by atoms with Crippen molar-refractivity contribution in [1.82, 2.24) is 4.90 Å². The number of hydrogen-bond acceptors (Lipinski definition) is 2. The lowest BCUT2D eigenvalue weighted by Gasteiger charge is -2.39. The number of methoxy groups -OCH3 is 1. The Labute approximate surface area is 110 Å². The SMILES string of the molecule is C.C.COCN(C)C1CCC(C(C)(C)C)CC1. The highest BCUT2D eigenvalue weighted by Crippen LogP contribution is 2.38. The monoisotopic (exact) mass is 245 g/mol. The van der Waals surface area contributed by atoms with Crippen LogP contribution in [0.25, 0.3) is 0 Å². The summed E-state index contributed by atoms with van der Waals surface area (Å²) in [7, 11) is 3.95. The first-order valence-electron chi connectivity index (χ1n) is 6.14. The van der Waals surface area contributed by atoms with E-state index in [4.69, 9.17) is 4.74 Å². The molecule has 0 amide bonds. The van der Waals surface area contributed by atoms with E-state index in [1.807, 2.05) is 0 Å². The molecule has 0 spiro atoms. The highest BCUT2D eigenvalue weighted by atomic mass is 16.5. The lowest BCUT2D eigenvalue weighted by molar-refractivity contribution is 0.0261. The fourth-order valence-corrected chi connectivity index (χ4v) is 2.69. The highest BCUT2D eigenvalue weighted by molar-refractivity contribution is 4.83. The van der Waals surface area contributed by atoms with Crippen LogP contribution in [-0.4, -0.2) is 31.8 Å². The summed E-state index contributed by atoms with van der Waals surface area (Å²) in [6.07, 6.45) is 5.42. The highest BCUT2D eigenvalue weighted by Gasteiger charge is 2.30. The molecule has 1 aliphatic rings. The second-order valence-corrected chi connectivity index (χ2v) is 6.05. The Hall–Kier alpha value is -0.0800. The molecule has 17 heavy (non-hydrogen) atoms. The fourth-order valence-electron chi connectivity index (χ4n) is 2.69. The molecule has 0 aromatic heterocycles. The normalized spacial score (nSPS) is 25.1. The van der Waals surface area contributed by atoms with Gasteiger partial charge in [0.05, 0.1) is 6.73 Å². The molecule has 0 bridgehead atoms. The molecule has 0 unspecified atom stereocenters. The topological polar surface area (TPSA) is 12.5 Å². The van der Waals surface area contributed by atoms with Crippen LogP contribution in [0.3, 0.4) is 0 Å². The van der Waals surface area contributed by atoms with E-state index < -0.39 is 0 Å². The van der Waals surface area contributed by atoms with Crippen molar-refractivity contribution in [1.29, 1.82) is 0 Å². The van der Waals surface area contributed by atoms with Crippen molar-refractivity contribution in [2.75, 3.05) is 20.9 Å². The maximum Gasteiger partial charge on any atom is 0.0986 e. The summed E-state index contributed by atoms with van der Waals surface area (Å²) in [4.78, 5) is 2.35. The number of rotatable bonds is 3. The maximum absolute atomic E-state index is 5.18. The van der Waals surface area contributed by atoms with Crippen LogP contribution in [0.5, 0.6) is 0 Å². The van der Waals surface area contributed by atoms with Crippen LogP contribution in [0.4, 0.5) is 0 Å². The number of hydrogen-bond donors (Lipinski definition) is 0. The van der Waals surface area contributed by atoms with Gasteiger partial charge in [-0.3, -0.25) is 4.90 Å². The van der Waals surface area contributed by atoms with E-state index in [9.17, 15) is 0 Å². The summed E-state index contributed by atoms with van der Waals surface area (Å²) in [6.45, 7) is 7.88. The van der Waals surface area contributed by atoms with Gasteiger partial charge in [0.15, 0.2) is 0 Å². The molecule has 1 rings (SSSR count). The van der Waals surface area contributed by atoms with E-state index in [1.54, 1.807) is 7.11 Å². The average Bonchev–Trinajstić information content (AvgIpc) is 2.17. The Morgan fingerprint density at radius 2 is 1.53 bits per heavy atom. The Balaban J connectivity index is 0. The van der Waals surface area contributed by atoms with Gasteiger partial charge in [-0.25, -0.2) is 0 Å². The van der Waals surface area contributed by atoms with Gasteiger partial charge >= 0.3 is 0 Å². The van der Waals surface area contributed by atoms with E-state index in [0.717, 1.165) is 18.7 Å². The molecule has 0 heterocycles. The van der Waals surface area contributed by atoms with Crippen molar-refractivity contribution in [3.05, 3.63) is 0 Å². The van der Waals surface area contributed by atoms with Crippen LogP contribution < -0.4 is 0 Å². The minimum Gasteiger partial charge on any atom is -0.369 e. The van der Waals surface area contributed by atoms with Gasteiger partial charge in [-0.1, -0.05) is 35.6 Å². The molecule has 0 radical (unpaired) electrons. The quantitative estimate of drug-likeness (QED) is 0.683. The molecular weight excluding hydrogens is 210 g/mol. The van der Waals surface area contributed by atoms with Crippen LogP contribution in [0.2, 0.25) is 0 Å². The average molecular weight is 245 g/mol.